The third-order valence-electron chi connectivity index (χ3n) is 18.4. The minimum atomic E-state index is -5.02. The molecule has 23 nitrogen and oxygen atoms in total. The average molecular weight is 1470 g/mol. The lowest BCUT2D eigenvalue weighted by Gasteiger charge is -2.41. The van der Waals surface area contributed by atoms with Crippen molar-refractivity contribution in [2.75, 3.05) is 11.9 Å². The zero-order valence-corrected chi connectivity index (χ0v) is 60.9. The number of imidazole rings is 1. The number of nitrogens with one attached hydrogen (secondary N) is 3. The van der Waals surface area contributed by atoms with Crippen LogP contribution in [0.25, 0.3) is 11.2 Å². The van der Waals surface area contributed by atoms with Gasteiger partial charge < -0.3 is 38.0 Å². The summed E-state index contributed by atoms with van der Waals surface area (Å²) in [6.45, 7) is 8.52. The molecule has 1 unspecified atom stereocenters. The number of amides is 2. The van der Waals surface area contributed by atoms with Gasteiger partial charge in [-0.25, -0.2) is 43.5 Å². The van der Waals surface area contributed by atoms with Crippen LogP contribution >= 0.6 is 7.75 Å². The van der Waals surface area contributed by atoms with Crippen LogP contribution in [0.15, 0.2) is 267 Å². The van der Waals surface area contributed by atoms with E-state index in [2.05, 4.69) is 30.7 Å². The molecule has 1 saturated heterocycles. The van der Waals surface area contributed by atoms with Gasteiger partial charge in [0.2, 0.25) is 14.2 Å². The summed E-state index contributed by atoms with van der Waals surface area (Å²) in [5.74, 6) is -5.06. The fraction of sp³-hybridized carbons (Fsp3) is 0.195. The van der Waals surface area contributed by atoms with E-state index in [-0.39, 0.29) is 45.4 Å². The van der Waals surface area contributed by atoms with Crippen LogP contribution in [0.1, 0.15) is 120 Å². The van der Waals surface area contributed by atoms with Crippen molar-refractivity contribution in [2.45, 2.75) is 88.9 Å². The molecule has 3 heterocycles. The standard InChI is InChI=1S/C82H76N7O16PSi/c1-6-107(7-2,8-3)105-106(97,98-51-67-70(103-80(95)59-35-23-13-24-36-59)71(104-81(96)60-37-25-14-26-38-60)76(102-67)89-53-85-69-72(83-52-84-73(69)89)86-74(90)55-27-15-9-16-28-55)88-75(91)68(54(4)5)87-82(61-39-45-64(46-40-61)99-77(92)56-29-17-10-18-30-56,62-41-47-65(48-42-62)100-78(93)57-31-19-11-20-32-57)63-43-49-66(50-44-63)101-79(94)58-33-21-12-22-34-58/h9-50,52-54,67-68,70-71,76,87H,6-8,51H2,1-5H3,(H,88,91,97)(H,83,84,86,90)/t67-,68+,70-,71-,76-,106?/m1/s1. The van der Waals surface area contributed by atoms with E-state index in [1.807, 2.05) is 20.8 Å². The van der Waals surface area contributed by atoms with Crippen LogP contribution in [0.4, 0.5) is 5.82 Å². The number of aromatic nitrogens is 4. The van der Waals surface area contributed by atoms with Gasteiger partial charge in [0.05, 0.1) is 52.3 Å². The molecule has 1 aliphatic rings. The first-order valence-electron chi connectivity index (χ1n) is 34.8. The van der Waals surface area contributed by atoms with Crippen LogP contribution in [-0.2, 0) is 37.8 Å². The van der Waals surface area contributed by atoms with Crippen molar-refractivity contribution in [1.82, 2.24) is 29.9 Å². The highest BCUT2D eigenvalue weighted by atomic mass is 31.2. The number of benzene rings is 9. The molecule has 0 spiro atoms. The van der Waals surface area contributed by atoms with Gasteiger partial charge in [-0.15, -0.1) is 0 Å². The number of esters is 5. The maximum atomic E-state index is 16.6. The second kappa shape index (κ2) is 33.9. The van der Waals surface area contributed by atoms with Gasteiger partial charge in [-0.05, 0) is 150 Å². The van der Waals surface area contributed by atoms with Crippen molar-refractivity contribution in [1.29, 1.82) is 0 Å². The van der Waals surface area contributed by atoms with E-state index in [1.54, 1.807) is 244 Å². The molecule has 0 radical (unpaired) electrons. The molecule has 0 aliphatic carbocycles. The van der Waals surface area contributed by atoms with E-state index >= 15 is 9.36 Å². The second-order valence-corrected chi connectivity index (χ2v) is 32.2. The Morgan fingerprint density at radius 1 is 0.495 bits per heavy atom. The molecule has 0 saturated carbocycles. The molecule has 2 amide bonds. The largest absolute Gasteiger partial charge is 0.452 e. The van der Waals surface area contributed by atoms with E-state index in [0.717, 1.165) is 0 Å². The van der Waals surface area contributed by atoms with Crippen LogP contribution in [0, 0.1) is 5.92 Å². The van der Waals surface area contributed by atoms with Gasteiger partial charge >= 0.3 is 37.6 Å². The summed E-state index contributed by atoms with van der Waals surface area (Å²) in [5.41, 5.74) is 1.40. The van der Waals surface area contributed by atoms with Gasteiger partial charge in [0, 0.05) is 5.56 Å². The molecule has 11 aromatic rings. The Balaban J connectivity index is 0.942. The van der Waals surface area contributed by atoms with Crippen molar-refractivity contribution in [3.8, 4) is 17.2 Å². The van der Waals surface area contributed by atoms with Crippen LogP contribution < -0.4 is 29.9 Å². The SMILES string of the molecule is CC[Si](CC)(CC)OP(=O)(NC(=O)[C@@H](NC(c1ccc(OC(=O)c2ccccc2)cc1)(c1ccc(OC(=O)c2ccccc2)cc1)c1ccc(OC(=O)c2ccccc2)cc1)C(C)C)OC[C@H]1O[C@@H](n2cnc3c(NC(=O)c4ccccc4)ncnc32)[C@H](OC(=O)c2ccccc2)[C@@H]1OC(=O)c1ccccc1. The number of ether oxygens (including phenoxy) is 6. The molecular formula is C82H76N7O16PSi. The lowest BCUT2D eigenvalue weighted by Crippen LogP contribution is -2.57. The quantitative estimate of drug-likeness (QED) is 0.0129. The first-order chi connectivity index (χ1) is 51.9. The van der Waals surface area contributed by atoms with Crippen molar-refractivity contribution in [2.24, 2.45) is 5.92 Å². The Kier molecular flexibility index (Phi) is 23.7. The van der Waals surface area contributed by atoms with Crippen LogP contribution in [-0.4, -0.2) is 100 Å². The number of rotatable bonds is 29. The predicted molar refractivity (Wildman–Crippen MR) is 400 cm³/mol. The minimum Gasteiger partial charge on any atom is -0.452 e. The van der Waals surface area contributed by atoms with Gasteiger partial charge in [-0.2, -0.15) is 0 Å². The Morgan fingerprint density at radius 2 is 0.879 bits per heavy atom. The third kappa shape index (κ3) is 17.4. The molecule has 107 heavy (non-hydrogen) atoms. The molecule has 3 N–H and O–H groups in total. The van der Waals surface area contributed by atoms with Gasteiger partial charge in [0.1, 0.15) is 29.7 Å². The summed E-state index contributed by atoms with van der Waals surface area (Å²) >= 11 is 0. The maximum absolute atomic E-state index is 16.6. The van der Waals surface area contributed by atoms with Gasteiger partial charge in [-0.3, -0.25) is 29.1 Å². The van der Waals surface area contributed by atoms with Crippen molar-refractivity contribution in [3.63, 3.8) is 0 Å². The van der Waals surface area contributed by atoms with E-state index < -0.39 is 106 Å². The number of anilines is 1. The maximum Gasteiger partial charge on any atom is 0.425 e. The van der Waals surface area contributed by atoms with E-state index in [4.69, 9.17) is 37.2 Å². The average Bonchev–Trinajstić information content (AvgIpc) is 1.74. The number of carbonyl (C=O) groups excluding carboxylic acids is 7. The summed E-state index contributed by atoms with van der Waals surface area (Å²) in [6, 6.07) is 69.8. The van der Waals surface area contributed by atoms with Crippen LogP contribution in [0.2, 0.25) is 18.1 Å². The Bertz CT molecular complexity index is 4730. The molecule has 25 heteroatoms. The first-order valence-corrected chi connectivity index (χ1v) is 38.9. The Hall–Kier alpha value is -11.9. The monoisotopic (exact) mass is 1470 g/mol. The summed E-state index contributed by atoms with van der Waals surface area (Å²) < 4.78 is 68.9. The van der Waals surface area contributed by atoms with Gasteiger partial charge in [0.15, 0.2) is 35.4 Å². The highest BCUT2D eigenvalue weighted by Crippen LogP contribution is 2.51. The first kappa shape index (κ1) is 74.8. The zero-order valence-electron chi connectivity index (χ0n) is 59.0. The molecule has 12 rings (SSSR count). The summed E-state index contributed by atoms with van der Waals surface area (Å²) in [5, 5.41) is 9.28. The molecule has 2 aromatic heterocycles. The van der Waals surface area contributed by atoms with Crippen LogP contribution in [0.5, 0.6) is 17.2 Å². The number of carbonyl (C=O) groups is 7. The molecule has 9 aromatic carbocycles. The number of nitrogens with zero attached hydrogens (tertiary/aromatic N) is 4. The topological polar surface area (TPSA) is 290 Å². The summed E-state index contributed by atoms with van der Waals surface area (Å²) in [7, 11) is -8.17. The van der Waals surface area contributed by atoms with Gasteiger partial charge in [-0.1, -0.05) is 180 Å². The molecule has 0 bridgehead atoms. The third-order valence-corrected chi connectivity index (χ3v) is 25.8. The molecule has 6 atom stereocenters. The molecule has 1 fully saturated rings. The summed E-state index contributed by atoms with van der Waals surface area (Å²) in [6.07, 6.45) is -3.58. The van der Waals surface area contributed by atoms with E-state index in [0.29, 0.717) is 57.1 Å². The van der Waals surface area contributed by atoms with Crippen molar-refractivity contribution >= 4 is 74.7 Å². The minimum absolute atomic E-state index is 0.0280. The number of fused-ring (bicyclic) bond motifs is 1. The Morgan fingerprint density at radius 3 is 1.27 bits per heavy atom. The highest BCUT2D eigenvalue weighted by Gasteiger charge is 2.53. The molecule has 544 valence electrons. The summed E-state index contributed by atoms with van der Waals surface area (Å²) in [4.78, 5) is 113. The van der Waals surface area contributed by atoms with Crippen LogP contribution in [0.3, 0.4) is 0 Å². The van der Waals surface area contributed by atoms with Gasteiger partial charge in [0.25, 0.3) is 5.91 Å². The zero-order chi connectivity index (χ0) is 75.1. The lowest BCUT2D eigenvalue weighted by molar-refractivity contribution is -0.123. The highest BCUT2D eigenvalue weighted by molar-refractivity contribution is 7.54. The van der Waals surface area contributed by atoms with E-state index in [9.17, 15) is 28.8 Å². The van der Waals surface area contributed by atoms with Crippen molar-refractivity contribution in [3.05, 3.63) is 318 Å². The fourth-order valence-electron chi connectivity index (χ4n) is 12.5. The van der Waals surface area contributed by atoms with Crippen molar-refractivity contribution < 1.29 is 75.3 Å². The molecule has 1 aliphatic heterocycles. The molecular weight excluding hydrogens is 1400 g/mol. The smallest absolute Gasteiger partial charge is 0.425 e. The number of hydrogen-bond donors (Lipinski definition) is 3. The predicted octanol–water partition coefficient (Wildman–Crippen LogP) is 15.0. The number of hydrogen-bond acceptors (Lipinski definition) is 20. The lowest BCUT2D eigenvalue weighted by atomic mass is 9.75. The normalized spacial score (nSPS) is 15.8. The fourth-order valence-corrected chi connectivity index (χ4v) is 18.8. The Labute approximate surface area is 618 Å². The second-order valence-electron chi connectivity index (χ2n) is 25.5. The van der Waals surface area contributed by atoms with E-state index in [1.165, 1.54) is 41.5 Å².